The largest absolute Gasteiger partial charge is 0.497 e. The van der Waals surface area contributed by atoms with E-state index >= 15 is 0 Å². The highest BCUT2D eigenvalue weighted by atomic mass is 32.2. The molecule has 6 heteroatoms. The lowest BCUT2D eigenvalue weighted by Crippen LogP contribution is -2.32. The molecular formula is C9H17F3O2S. The van der Waals surface area contributed by atoms with Crippen molar-refractivity contribution in [2.45, 2.75) is 50.8 Å². The molecule has 0 saturated heterocycles. The molecule has 0 rings (SSSR count). The Labute approximate surface area is 88.8 Å². The zero-order valence-corrected chi connectivity index (χ0v) is 9.95. The van der Waals surface area contributed by atoms with Crippen LogP contribution >= 0.6 is 0 Å². The van der Waals surface area contributed by atoms with Crippen LogP contribution in [0.25, 0.3) is 0 Å². The van der Waals surface area contributed by atoms with Crippen LogP contribution in [0.15, 0.2) is 0 Å². The fourth-order valence-corrected chi connectivity index (χ4v) is 2.13. The Hall–Kier alpha value is -0.260. The molecule has 0 amide bonds. The molecule has 0 aliphatic heterocycles. The van der Waals surface area contributed by atoms with Crippen molar-refractivity contribution in [2.75, 3.05) is 0 Å². The molecule has 1 atom stereocenters. The normalized spacial score (nSPS) is 15.7. The molecule has 0 aromatic rings. The van der Waals surface area contributed by atoms with Crippen LogP contribution < -0.4 is 0 Å². The summed E-state index contributed by atoms with van der Waals surface area (Å²) < 4.78 is 58.1. The fraction of sp³-hybridized carbons (Fsp3) is 1.00. The Morgan fingerprint density at radius 3 is 1.87 bits per heavy atom. The van der Waals surface area contributed by atoms with E-state index in [1.54, 1.807) is 0 Å². The molecule has 0 aromatic carbocycles. The van der Waals surface area contributed by atoms with E-state index in [1.165, 1.54) is 0 Å². The minimum Gasteiger partial charge on any atom is -0.219 e. The van der Waals surface area contributed by atoms with Gasteiger partial charge in [0.05, 0.1) is 5.25 Å². The number of halogens is 3. The molecule has 0 radical (unpaired) electrons. The Morgan fingerprint density at radius 2 is 1.53 bits per heavy atom. The number of hydrogen-bond acceptors (Lipinski definition) is 2. The highest BCUT2D eigenvalue weighted by Crippen LogP contribution is 2.29. The second-order valence-electron chi connectivity index (χ2n) is 4.13. The first-order valence-corrected chi connectivity index (χ1v) is 6.43. The Balaban J connectivity index is 4.28. The van der Waals surface area contributed by atoms with Crippen LogP contribution in [0, 0.1) is 5.92 Å². The lowest BCUT2D eigenvalue weighted by atomic mass is 10.1. The number of rotatable bonds is 5. The molecular weight excluding hydrogens is 229 g/mol. The minimum absolute atomic E-state index is 0.0695. The van der Waals surface area contributed by atoms with Crippen LogP contribution in [0.1, 0.15) is 40.0 Å². The van der Waals surface area contributed by atoms with E-state index in [0.717, 1.165) is 13.3 Å². The molecule has 0 aliphatic rings. The number of sulfone groups is 1. The third kappa shape index (κ3) is 4.40. The summed E-state index contributed by atoms with van der Waals surface area (Å²) in [7, 11) is -4.97. The van der Waals surface area contributed by atoms with Gasteiger partial charge in [-0.2, -0.15) is 13.2 Å². The first-order chi connectivity index (χ1) is 6.59. The quantitative estimate of drug-likeness (QED) is 0.746. The zero-order chi connectivity index (χ0) is 12.3. The average Bonchev–Trinajstić information content (AvgIpc) is 2.01. The van der Waals surface area contributed by atoms with Crippen molar-refractivity contribution < 1.29 is 21.6 Å². The summed E-state index contributed by atoms with van der Waals surface area (Å²) in [4.78, 5) is 0. The summed E-state index contributed by atoms with van der Waals surface area (Å²) in [5.74, 6) is 0.380. The summed E-state index contributed by atoms with van der Waals surface area (Å²) >= 11 is 0. The van der Waals surface area contributed by atoms with Crippen LogP contribution in [-0.4, -0.2) is 19.2 Å². The van der Waals surface area contributed by atoms with Crippen LogP contribution in [0.2, 0.25) is 0 Å². The molecule has 0 saturated carbocycles. The molecule has 0 bridgehead atoms. The predicted octanol–water partition coefficient (Wildman–Crippen LogP) is 3.14. The molecule has 15 heavy (non-hydrogen) atoms. The smallest absolute Gasteiger partial charge is 0.219 e. The van der Waals surface area contributed by atoms with Crippen LogP contribution in [0.5, 0.6) is 0 Å². The van der Waals surface area contributed by atoms with E-state index in [1.807, 2.05) is 13.8 Å². The van der Waals surface area contributed by atoms with E-state index in [-0.39, 0.29) is 6.42 Å². The number of hydrogen-bond donors (Lipinski definition) is 0. The van der Waals surface area contributed by atoms with E-state index in [9.17, 15) is 21.6 Å². The van der Waals surface area contributed by atoms with Crippen molar-refractivity contribution in [1.29, 1.82) is 0 Å². The molecule has 0 unspecified atom stereocenters. The molecule has 0 spiro atoms. The van der Waals surface area contributed by atoms with Crippen molar-refractivity contribution in [3.63, 3.8) is 0 Å². The summed E-state index contributed by atoms with van der Waals surface area (Å²) in [6.45, 7) is 5.01. The first-order valence-electron chi connectivity index (χ1n) is 4.89. The fourth-order valence-electron chi connectivity index (χ4n) is 1.20. The summed E-state index contributed by atoms with van der Waals surface area (Å²) in [6.07, 6.45) is 1.33. The predicted molar refractivity (Wildman–Crippen MR) is 53.1 cm³/mol. The third-order valence-corrected chi connectivity index (χ3v) is 4.18. The van der Waals surface area contributed by atoms with Crippen LogP contribution in [0.3, 0.4) is 0 Å². The van der Waals surface area contributed by atoms with Gasteiger partial charge >= 0.3 is 5.51 Å². The highest BCUT2D eigenvalue weighted by Gasteiger charge is 2.48. The van der Waals surface area contributed by atoms with E-state index < -0.39 is 20.6 Å². The second-order valence-corrected chi connectivity index (χ2v) is 6.48. The van der Waals surface area contributed by atoms with Gasteiger partial charge in [-0.15, -0.1) is 0 Å². The summed E-state index contributed by atoms with van der Waals surface area (Å²) in [5, 5.41) is -1.34. The maximum Gasteiger partial charge on any atom is 0.497 e. The Morgan fingerprint density at radius 1 is 1.07 bits per heavy atom. The SMILES string of the molecule is CC(C)CCC[C@H](C)S(=O)(=O)C(F)(F)F. The van der Waals surface area contributed by atoms with Gasteiger partial charge in [0, 0.05) is 0 Å². The van der Waals surface area contributed by atoms with Gasteiger partial charge in [-0.1, -0.05) is 26.7 Å². The molecule has 0 fully saturated rings. The van der Waals surface area contributed by atoms with E-state index in [0.29, 0.717) is 12.3 Å². The molecule has 2 nitrogen and oxygen atoms in total. The lowest BCUT2D eigenvalue weighted by Gasteiger charge is -2.15. The second kappa shape index (κ2) is 5.18. The third-order valence-electron chi connectivity index (χ3n) is 2.24. The first kappa shape index (κ1) is 14.7. The van der Waals surface area contributed by atoms with Crippen LogP contribution in [0.4, 0.5) is 13.2 Å². The van der Waals surface area contributed by atoms with Gasteiger partial charge < -0.3 is 0 Å². The van der Waals surface area contributed by atoms with Gasteiger partial charge in [-0.3, -0.25) is 0 Å². The van der Waals surface area contributed by atoms with Crippen molar-refractivity contribution in [3.05, 3.63) is 0 Å². The minimum atomic E-state index is -5.12. The van der Waals surface area contributed by atoms with Gasteiger partial charge in [0.2, 0.25) is 9.84 Å². The summed E-state index contributed by atoms with van der Waals surface area (Å²) in [6, 6.07) is 0. The average molecular weight is 246 g/mol. The van der Waals surface area contributed by atoms with Crippen LogP contribution in [-0.2, 0) is 9.84 Å². The van der Waals surface area contributed by atoms with E-state index in [2.05, 4.69) is 0 Å². The maximum absolute atomic E-state index is 12.1. The summed E-state index contributed by atoms with van der Waals surface area (Å²) in [5.41, 5.74) is -5.12. The van der Waals surface area contributed by atoms with Gasteiger partial charge in [-0.05, 0) is 19.3 Å². The Bertz CT molecular complexity index is 280. The Kier molecular flexibility index (Phi) is 5.09. The molecule has 0 N–H and O–H groups in total. The van der Waals surface area contributed by atoms with E-state index in [4.69, 9.17) is 0 Å². The van der Waals surface area contributed by atoms with Gasteiger partial charge in [0.25, 0.3) is 0 Å². The van der Waals surface area contributed by atoms with Gasteiger partial charge in [0.15, 0.2) is 0 Å². The molecule has 0 aliphatic carbocycles. The monoisotopic (exact) mass is 246 g/mol. The van der Waals surface area contributed by atoms with Crippen molar-refractivity contribution in [2.24, 2.45) is 5.92 Å². The lowest BCUT2D eigenvalue weighted by molar-refractivity contribution is -0.0444. The maximum atomic E-state index is 12.1. The highest BCUT2D eigenvalue weighted by molar-refractivity contribution is 7.92. The topological polar surface area (TPSA) is 34.1 Å². The number of alkyl halides is 3. The van der Waals surface area contributed by atoms with Crippen molar-refractivity contribution in [3.8, 4) is 0 Å². The van der Waals surface area contributed by atoms with Crippen molar-refractivity contribution >= 4 is 9.84 Å². The van der Waals surface area contributed by atoms with Gasteiger partial charge in [0.1, 0.15) is 0 Å². The standard InChI is InChI=1S/C9H17F3O2S/c1-7(2)5-4-6-8(3)15(13,14)9(10,11)12/h7-8H,4-6H2,1-3H3/t8-/m0/s1. The molecule has 0 aromatic heterocycles. The molecule has 92 valence electrons. The van der Waals surface area contributed by atoms with Crippen molar-refractivity contribution in [1.82, 2.24) is 0 Å². The van der Waals surface area contributed by atoms with Gasteiger partial charge in [-0.25, -0.2) is 8.42 Å². The molecule has 0 heterocycles. The zero-order valence-electron chi connectivity index (χ0n) is 9.13.